The molecule has 2 rings (SSSR count). The van der Waals surface area contributed by atoms with Gasteiger partial charge >= 0.3 is 6.09 Å². The fourth-order valence-electron chi connectivity index (χ4n) is 2.23. The quantitative estimate of drug-likeness (QED) is 0.852. The van der Waals surface area contributed by atoms with Gasteiger partial charge in [-0.1, -0.05) is 6.07 Å². The van der Waals surface area contributed by atoms with E-state index in [-0.39, 0.29) is 18.8 Å². The molecule has 0 aromatic carbocycles. The average molecular weight is 306 g/mol. The number of ether oxygens (including phenoxy) is 2. The van der Waals surface area contributed by atoms with E-state index in [9.17, 15) is 9.59 Å². The fraction of sp³-hybridized carbons (Fsp3) is 0.562. The molecule has 0 saturated carbocycles. The van der Waals surface area contributed by atoms with E-state index in [1.54, 1.807) is 39.2 Å². The Hall–Kier alpha value is -1.95. The highest BCUT2D eigenvalue weighted by Gasteiger charge is 2.35. The van der Waals surface area contributed by atoms with Gasteiger partial charge in [-0.2, -0.15) is 0 Å². The lowest BCUT2D eigenvalue weighted by molar-refractivity contribution is -0.129. The van der Waals surface area contributed by atoms with Crippen LogP contribution in [-0.4, -0.2) is 53.2 Å². The Labute approximate surface area is 130 Å². The Bertz CT molecular complexity index is 525. The second-order valence-corrected chi connectivity index (χ2v) is 6.27. The van der Waals surface area contributed by atoms with Gasteiger partial charge in [-0.3, -0.25) is 14.7 Å². The minimum atomic E-state index is -0.608. The van der Waals surface area contributed by atoms with E-state index in [0.717, 1.165) is 5.56 Å². The van der Waals surface area contributed by atoms with Gasteiger partial charge in [0.15, 0.2) is 5.78 Å². The molecule has 0 aliphatic carbocycles. The number of ketones is 1. The highest BCUT2D eigenvalue weighted by molar-refractivity contribution is 5.89. The van der Waals surface area contributed by atoms with Crippen LogP contribution >= 0.6 is 0 Å². The summed E-state index contributed by atoms with van der Waals surface area (Å²) in [7, 11) is 0. The number of hydrogen-bond donors (Lipinski definition) is 0. The van der Waals surface area contributed by atoms with Crippen LogP contribution in [0.25, 0.3) is 0 Å². The molecule has 1 fully saturated rings. The lowest BCUT2D eigenvalue weighted by Gasteiger charge is -2.35. The predicted octanol–water partition coefficient (Wildman–Crippen LogP) is 1.83. The van der Waals surface area contributed by atoms with Crippen molar-refractivity contribution in [3.63, 3.8) is 0 Å². The summed E-state index contributed by atoms with van der Waals surface area (Å²) < 4.78 is 10.7. The number of hydrogen-bond acceptors (Lipinski definition) is 5. The molecule has 1 unspecified atom stereocenters. The fourth-order valence-corrected chi connectivity index (χ4v) is 2.23. The number of pyridine rings is 1. The molecule has 1 amide bonds. The van der Waals surface area contributed by atoms with Gasteiger partial charge in [-0.15, -0.1) is 0 Å². The second kappa shape index (κ2) is 6.87. The smallest absolute Gasteiger partial charge is 0.411 e. The van der Waals surface area contributed by atoms with Crippen molar-refractivity contribution in [3.05, 3.63) is 30.1 Å². The third-order valence-corrected chi connectivity index (χ3v) is 3.23. The Balaban J connectivity index is 2.05. The maximum atomic E-state index is 12.5. The Morgan fingerprint density at radius 1 is 1.45 bits per heavy atom. The molecule has 1 aromatic rings. The second-order valence-electron chi connectivity index (χ2n) is 6.27. The largest absolute Gasteiger partial charge is 0.444 e. The molecule has 2 heterocycles. The Kier molecular flexibility index (Phi) is 5.13. The van der Waals surface area contributed by atoms with E-state index in [0.29, 0.717) is 13.2 Å². The van der Waals surface area contributed by atoms with Crippen molar-refractivity contribution in [1.82, 2.24) is 9.88 Å². The van der Waals surface area contributed by atoms with Gasteiger partial charge in [-0.25, -0.2) is 4.79 Å². The van der Waals surface area contributed by atoms with Gasteiger partial charge in [0.25, 0.3) is 0 Å². The molecule has 0 spiro atoms. The van der Waals surface area contributed by atoms with Gasteiger partial charge in [0.05, 0.1) is 13.2 Å². The highest BCUT2D eigenvalue weighted by Crippen LogP contribution is 2.16. The van der Waals surface area contributed by atoms with Crippen molar-refractivity contribution in [2.75, 3.05) is 19.8 Å². The molecule has 22 heavy (non-hydrogen) atoms. The van der Waals surface area contributed by atoms with E-state index in [4.69, 9.17) is 9.47 Å². The van der Waals surface area contributed by atoms with Crippen molar-refractivity contribution >= 4 is 11.9 Å². The third-order valence-electron chi connectivity index (χ3n) is 3.23. The molecule has 0 radical (unpaired) electrons. The molecular weight excluding hydrogens is 284 g/mol. The van der Waals surface area contributed by atoms with Crippen molar-refractivity contribution in [3.8, 4) is 0 Å². The molecule has 1 aliphatic rings. The summed E-state index contributed by atoms with van der Waals surface area (Å²) in [4.78, 5) is 30.2. The molecule has 1 saturated heterocycles. The van der Waals surface area contributed by atoms with E-state index >= 15 is 0 Å². The summed E-state index contributed by atoms with van der Waals surface area (Å²) in [6.45, 7) is 6.39. The molecule has 1 aromatic heterocycles. The first-order valence-corrected chi connectivity index (χ1v) is 7.36. The van der Waals surface area contributed by atoms with Crippen molar-refractivity contribution in [2.45, 2.75) is 38.8 Å². The summed E-state index contributed by atoms with van der Waals surface area (Å²) in [5, 5.41) is 0. The standard InChI is InChI=1S/C16H22N2O4/c1-16(2,3)22-15(20)18-7-8-21-11-13(18)14(19)9-12-5-4-6-17-10-12/h4-6,10,13H,7-9,11H2,1-3H3. The Morgan fingerprint density at radius 2 is 2.23 bits per heavy atom. The number of carbonyl (C=O) groups is 2. The number of rotatable bonds is 3. The summed E-state index contributed by atoms with van der Waals surface area (Å²) in [5.41, 5.74) is 0.231. The zero-order valence-corrected chi connectivity index (χ0v) is 13.2. The van der Waals surface area contributed by atoms with Gasteiger partial charge in [0.1, 0.15) is 11.6 Å². The first-order chi connectivity index (χ1) is 10.4. The third kappa shape index (κ3) is 4.53. The predicted molar refractivity (Wildman–Crippen MR) is 80.5 cm³/mol. The van der Waals surface area contributed by atoms with Crippen LogP contribution in [0.2, 0.25) is 0 Å². The van der Waals surface area contributed by atoms with Crippen LogP contribution in [-0.2, 0) is 20.7 Å². The molecule has 6 nitrogen and oxygen atoms in total. The van der Waals surface area contributed by atoms with E-state index < -0.39 is 17.7 Å². The van der Waals surface area contributed by atoms with Crippen LogP contribution in [0.3, 0.4) is 0 Å². The van der Waals surface area contributed by atoms with Crippen LogP contribution in [0.4, 0.5) is 4.79 Å². The average Bonchev–Trinajstić information content (AvgIpc) is 2.46. The number of Topliss-reactive ketones (excluding diaryl/α,β-unsaturated/α-hetero) is 1. The van der Waals surface area contributed by atoms with Gasteiger partial charge in [0, 0.05) is 25.4 Å². The van der Waals surface area contributed by atoms with Crippen molar-refractivity contribution < 1.29 is 19.1 Å². The van der Waals surface area contributed by atoms with E-state index in [1.165, 1.54) is 4.90 Å². The van der Waals surface area contributed by atoms with Gasteiger partial charge < -0.3 is 9.47 Å². The van der Waals surface area contributed by atoms with E-state index in [1.807, 2.05) is 6.07 Å². The number of aromatic nitrogens is 1. The molecule has 1 aliphatic heterocycles. The molecule has 0 N–H and O–H groups in total. The molecule has 1 atom stereocenters. The van der Waals surface area contributed by atoms with Crippen molar-refractivity contribution in [1.29, 1.82) is 0 Å². The summed E-state index contributed by atoms with van der Waals surface area (Å²) >= 11 is 0. The summed E-state index contributed by atoms with van der Waals surface area (Å²) in [5.74, 6) is -0.0708. The van der Waals surface area contributed by atoms with Crippen LogP contribution in [0.1, 0.15) is 26.3 Å². The van der Waals surface area contributed by atoms with Gasteiger partial charge in [0.2, 0.25) is 0 Å². The minimum Gasteiger partial charge on any atom is -0.444 e. The molecular formula is C16H22N2O4. The maximum absolute atomic E-state index is 12.5. The normalized spacial score (nSPS) is 18.9. The van der Waals surface area contributed by atoms with Crippen LogP contribution in [0, 0.1) is 0 Å². The summed E-state index contributed by atoms with van der Waals surface area (Å²) in [6, 6.07) is 3.02. The number of nitrogens with zero attached hydrogens (tertiary/aromatic N) is 2. The zero-order chi connectivity index (χ0) is 16.2. The number of amides is 1. The first kappa shape index (κ1) is 16.4. The topological polar surface area (TPSA) is 68.7 Å². The number of morpholine rings is 1. The highest BCUT2D eigenvalue weighted by atomic mass is 16.6. The molecule has 0 bridgehead atoms. The first-order valence-electron chi connectivity index (χ1n) is 7.36. The van der Waals surface area contributed by atoms with Crippen LogP contribution in [0.15, 0.2) is 24.5 Å². The lowest BCUT2D eigenvalue weighted by Crippen LogP contribution is -2.54. The lowest BCUT2D eigenvalue weighted by atomic mass is 10.0. The molecule has 120 valence electrons. The van der Waals surface area contributed by atoms with Crippen LogP contribution < -0.4 is 0 Å². The molecule has 6 heteroatoms. The SMILES string of the molecule is CC(C)(C)OC(=O)N1CCOCC1C(=O)Cc1cccnc1. The maximum Gasteiger partial charge on any atom is 0.411 e. The van der Waals surface area contributed by atoms with Gasteiger partial charge in [-0.05, 0) is 32.4 Å². The van der Waals surface area contributed by atoms with Crippen molar-refractivity contribution in [2.24, 2.45) is 0 Å². The van der Waals surface area contributed by atoms with E-state index in [2.05, 4.69) is 4.98 Å². The zero-order valence-electron chi connectivity index (χ0n) is 13.2. The monoisotopic (exact) mass is 306 g/mol. The van der Waals surface area contributed by atoms with Crippen LogP contribution in [0.5, 0.6) is 0 Å². The Morgan fingerprint density at radius 3 is 2.86 bits per heavy atom. The minimum absolute atomic E-state index is 0.0708. The summed E-state index contributed by atoms with van der Waals surface area (Å²) in [6.07, 6.45) is 3.06. The number of carbonyl (C=O) groups excluding carboxylic acids is 2.